The van der Waals surface area contributed by atoms with E-state index >= 15 is 0 Å². The van der Waals surface area contributed by atoms with Gasteiger partial charge in [-0.25, -0.2) is 4.79 Å². The second-order valence-corrected chi connectivity index (χ2v) is 13.9. The highest BCUT2D eigenvalue weighted by Crippen LogP contribution is 2.21. The Labute approximate surface area is 337 Å². The van der Waals surface area contributed by atoms with Crippen molar-refractivity contribution in [3.8, 4) is 5.75 Å². The fourth-order valence-corrected chi connectivity index (χ4v) is 5.45. The van der Waals surface area contributed by atoms with Gasteiger partial charge in [0.2, 0.25) is 11.8 Å². The van der Waals surface area contributed by atoms with Crippen LogP contribution in [0.15, 0.2) is 72.1 Å². The van der Waals surface area contributed by atoms with E-state index in [4.69, 9.17) is 0 Å². The number of nitrogens with one attached hydrogen (secondary N) is 6. The van der Waals surface area contributed by atoms with Crippen LogP contribution in [-0.2, 0) is 28.8 Å². The van der Waals surface area contributed by atoms with E-state index in [9.17, 15) is 54.0 Å². The predicted octanol–water partition coefficient (Wildman–Crippen LogP) is 2.65. The first-order valence-corrected chi connectivity index (χ1v) is 19.1. The van der Waals surface area contributed by atoms with Crippen molar-refractivity contribution in [1.82, 2.24) is 26.6 Å². The molecule has 58 heavy (non-hydrogen) atoms. The number of carboxylic acid groups (broad SMARTS) is 1. The molecule has 0 spiro atoms. The zero-order valence-electron chi connectivity index (χ0n) is 33.6. The van der Waals surface area contributed by atoms with E-state index in [-0.39, 0.29) is 46.3 Å². The minimum absolute atomic E-state index is 0.0195. The van der Waals surface area contributed by atoms with Gasteiger partial charge in [-0.2, -0.15) is 0 Å². The van der Waals surface area contributed by atoms with Gasteiger partial charge in [0.1, 0.15) is 29.2 Å². The fourth-order valence-electron chi connectivity index (χ4n) is 5.45. The van der Waals surface area contributed by atoms with E-state index in [1.54, 1.807) is 20.8 Å². The number of aliphatic hydroxyl groups is 2. The highest BCUT2D eigenvalue weighted by molar-refractivity contribution is 6.05. The largest absolute Gasteiger partial charge is 0.508 e. The number of carbonyl (C=O) groups is 7. The molecule has 2 aromatic rings. The summed E-state index contributed by atoms with van der Waals surface area (Å²) in [6, 6.07) is 5.91. The lowest BCUT2D eigenvalue weighted by Gasteiger charge is -2.28. The van der Waals surface area contributed by atoms with E-state index in [0.717, 1.165) is 25.7 Å². The maximum atomic E-state index is 13.9. The van der Waals surface area contributed by atoms with Gasteiger partial charge in [-0.15, -0.1) is 0 Å². The highest BCUT2D eigenvalue weighted by atomic mass is 16.4. The molecule has 5 atom stereocenters. The number of benzene rings is 2. The van der Waals surface area contributed by atoms with Crippen LogP contribution in [0.1, 0.15) is 102 Å². The van der Waals surface area contributed by atoms with Crippen LogP contribution in [0.3, 0.4) is 0 Å². The van der Waals surface area contributed by atoms with Crippen molar-refractivity contribution in [2.75, 3.05) is 5.32 Å². The number of carboxylic acids is 1. The number of aliphatic hydroxyl groups excluding tert-OH is 2. The van der Waals surface area contributed by atoms with Gasteiger partial charge in [0.25, 0.3) is 23.6 Å². The Balaban J connectivity index is 2.27. The fraction of sp³-hybridized carbons (Fsp3) is 0.439. The molecule has 0 heterocycles. The average molecular weight is 809 g/mol. The minimum Gasteiger partial charge on any atom is -0.508 e. The van der Waals surface area contributed by atoms with Gasteiger partial charge in [-0.05, 0) is 75.1 Å². The number of allylic oxidation sites excluding steroid dienone is 2. The van der Waals surface area contributed by atoms with E-state index in [1.165, 1.54) is 74.5 Å². The molecule has 10 N–H and O–H groups in total. The lowest BCUT2D eigenvalue weighted by molar-refractivity contribution is -0.141. The van der Waals surface area contributed by atoms with Crippen molar-refractivity contribution in [1.29, 1.82) is 0 Å². The molecular formula is C41H56N6O11. The minimum atomic E-state index is -1.66. The third-order valence-corrected chi connectivity index (χ3v) is 8.91. The summed E-state index contributed by atoms with van der Waals surface area (Å²) in [4.78, 5) is 90.7. The van der Waals surface area contributed by atoms with Crippen molar-refractivity contribution in [3.63, 3.8) is 0 Å². The molecule has 0 saturated heterocycles. The molecular weight excluding hydrogens is 752 g/mol. The first kappa shape index (κ1) is 48.1. The number of unbranched alkanes of at least 4 members (excludes halogenated alkanes) is 4. The van der Waals surface area contributed by atoms with Gasteiger partial charge >= 0.3 is 5.97 Å². The topological polar surface area (TPSA) is 273 Å². The molecule has 0 saturated carbocycles. The van der Waals surface area contributed by atoms with Gasteiger partial charge in [0.05, 0.1) is 12.2 Å². The van der Waals surface area contributed by atoms with Gasteiger partial charge < -0.3 is 52.3 Å². The Hall–Kier alpha value is -6.07. The number of amides is 6. The number of hydrogen-bond acceptors (Lipinski definition) is 10. The second-order valence-electron chi connectivity index (χ2n) is 13.9. The zero-order chi connectivity index (χ0) is 43.5. The summed E-state index contributed by atoms with van der Waals surface area (Å²) < 4.78 is 0. The molecule has 0 radical (unpaired) electrons. The van der Waals surface area contributed by atoms with Gasteiger partial charge in [-0.3, -0.25) is 28.8 Å². The normalized spacial score (nSPS) is 14.2. The molecule has 0 unspecified atom stereocenters. The molecule has 17 heteroatoms. The monoisotopic (exact) mass is 808 g/mol. The summed E-state index contributed by atoms with van der Waals surface area (Å²) in [5, 5.41) is 54.7. The summed E-state index contributed by atoms with van der Waals surface area (Å²) >= 11 is 0. The molecule has 0 aliphatic carbocycles. The van der Waals surface area contributed by atoms with Gasteiger partial charge in [0, 0.05) is 17.7 Å². The lowest BCUT2D eigenvalue weighted by atomic mass is 9.97. The number of rotatable bonds is 22. The Morgan fingerprint density at radius 1 is 0.690 bits per heavy atom. The average Bonchev–Trinajstić information content (AvgIpc) is 3.18. The van der Waals surface area contributed by atoms with Crippen LogP contribution < -0.4 is 31.9 Å². The predicted molar refractivity (Wildman–Crippen MR) is 215 cm³/mol. The van der Waals surface area contributed by atoms with Crippen molar-refractivity contribution in [2.24, 2.45) is 5.92 Å². The van der Waals surface area contributed by atoms with Crippen LogP contribution in [0.4, 0.5) is 5.69 Å². The van der Waals surface area contributed by atoms with E-state index in [1.807, 2.05) is 0 Å². The van der Waals surface area contributed by atoms with Crippen molar-refractivity contribution in [2.45, 2.75) is 110 Å². The first-order chi connectivity index (χ1) is 27.4. The molecule has 0 aromatic heterocycles. The Morgan fingerprint density at radius 3 is 1.81 bits per heavy atom. The number of aromatic hydroxyl groups is 1. The van der Waals surface area contributed by atoms with Crippen LogP contribution in [0.2, 0.25) is 0 Å². The Kier molecular flexibility index (Phi) is 19.8. The van der Waals surface area contributed by atoms with Crippen molar-refractivity contribution >= 4 is 47.1 Å². The van der Waals surface area contributed by atoms with Crippen LogP contribution in [0.25, 0.3) is 0 Å². The Morgan fingerprint density at radius 2 is 1.28 bits per heavy atom. The van der Waals surface area contributed by atoms with Gasteiger partial charge in [0.15, 0.2) is 6.04 Å². The van der Waals surface area contributed by atoms with Crippen LogP contribution in [-0.4, -0.2) is 86.1 Å². The second kappa shape index (κ2) is 23.9. The Bertz CT molecular complexity index is 1810. The van der Waals surface area contributed by atoms with E-state index < -0.39 is 71.8 Å². The van der Waals surface area contributed by atoms with Crippen molar-refractivity contribution < 1.29 is 54.0 Å². The summed E-state index contributed by atoms with van der Waals surface area (Å²) in [7, 11) is 0. The maximum Gasteiger partial charge on any atom is 0.328 e. The molecule has 17 nitrogen and oxygen atoms in total. The summed E-state index contributed by atoms with van der Waals surface area (Å²) in [6.07, 6.45) is 4.65. The number of hydrogen-bond donors (Lipinski definition) is 10. The van der Waals surface area contributed by atoms with Crippen molar-refractivity contribution in [3.05, 3.63) is 83.2 Å². The maximum absolute atomic E-state index is 13.9. The van der Waals surface area contributed by atoms with E-state index in [0.29, 0.717) is 6.42 Å². The summed E-state index contributed by atoms with van der Waals surface area (Å²) in [6.45, 7) is 9.49. The number of anilines is 1. The molecule has 2 rings (SSSR count). The van der Waals surface area contributed by atoms with Crippen LogP contribution >= 0.6 is 0 Å². The molecule has 316 valence electrons. The molecule has 0 aliphatic heterocycles. The van der Waals surface area contributed by atoms with E-state index in [2.05, 4.69) is 38.8 Å². The summed E-state index contributed by atoms with van der Waals surface area (Å²) in [5.41, 5.74) is -0.00248. The summed E-state index contributed by atoms with van der Waals surface area (Å²) in [5.74, 6) is -6.84. The molecule has 0 bridgehead atoms. The lowest BCUT2D eigenvalue weighted by Crippen LogP contribution is -2.57. The van der Waals surface area contributed by atoms with Gasteiger partial charge in [-0.1, -0.05) is 70.7 Å². The number of phenolic OH excluding ortho intramolecular Hbond substituents is 1. The third kappa shape index (κ3) is 15.1. The number of aliphatic carboxylic acids is 1. The zero-order valence-corrected chi connectivity index (χ0v) is 33.6. The molecule has 0 aliphatic rings. The third-order valence-electron chi connectivity index (χ3n) is 8.91. The first-order valence-electron chi connectivity index (χ1n) is 19.1. The molecule has 0 fully saturated rings. The van der Waals surface area contributed by atoms with Crippen LogP contribution in [0, 0.1) is 5.92 Å². The quantitative estimate of drug-likeness (QED) is 0.0610. The molecule has 2 aromatic carbocycles. The highest BCUT2D eigenvalue weighted by Gasteiger charge is 2.35. The SMILES string of the molecule is C/C=C(/NC(=O)CCCCCCC)C(=O)N/C(=C/C)C(=O)N[C@@H](C(=O)N[C@H](C(=O)Nc1ccc(C(=O)N[C@H](C(=O)O)[C@@H](C)O)cc1)c1ccc(O)cc1)[C@@H](O)C(C)C. The standard InChI is InChI=1S/C41H56N6O11/c1-7-10-11-12-13-14-31(50)43-29(8-2)37(53)44-30(9-3)38(54)47-34(35(51)23(4)5)40(56)46-33(25-17-21-28(49)22-18-25)39(55)42-27-19-15-26(16-20-27)36(52)45-32(24(6)48)41(57)58/h8-9,15-24,32-35,48-49,51H,7,10-14H2,1-6H3,(H,42,55)(H,43,50)(H,44,53)(H,45,52)(H,46,56)(H,47,54)(H,57,58)/b29-8+,30-9+/t24-,32+,33+,34-,35+/m1/s1. The molecule has 6 amide bonds. The number of phenols is 1. The smallest absolute Gasteiger partial charge is 0.328 e. The van der Waals surface area contributed by atoms with Crippen LogP contribution in [0.5, 0.6) is 5.75 Å². The number of carbonyl (C=O) groups excluding carboxylic acids is 6.